The molecule has 1 unspecified atom stereocenters. The number of hydrogen-bond donors (Lipinski definition) is 0. The van der Waals surface area contributed by atoms with Crippen molar-refractivity contribution in [2.75, 3.05) is 53.9 Å². The zero-order valence-corrected chi connectivity index (χ0v) is 33.1. The maximum Gasteiger partial charge on any atom is 0.494 e. The molecule has 1 fully saturated rings. The lowest BCUT2D eigenvalue weighted by molar-refractivity contribution is 0.00578. The van der Waals surface area contributed by atoms with Crippen molar-refractivity contribution in [3.63, 3.8) is 0 Å². The third-order valence-electron chi connectivity index (χ3n) is 10.7. The van der Waals surface area contributed by atoms with Crippen LogP contribution in [0.25, 0.3) is 11.1 Å². The highest BCUT2D eigenvalue weighted by molar-refractivity contribution is 6.62. The molecule has 11 heteroatoms. The van der Waals surface area contributed by atoms with Crippen LogP contribution in [-0.4, -0.2) is 84.1 Å². The Labute approximate surface area is 324 Å². The Morgan fingerprint density at radius 1 is 0.618 bits per heavy atom. The summed E-state index contributed by atoms with van der Waals surface area (Å²) in [5.41, 5.74) is 4.62. The smallest absolute Gasteiger partial charge is 0.493 e. The minimum absolute atomic E-state index is 0.184. The van der Waals surface area contributed by atoms with E-state index in [-0.39, 0.29) is 30.9 Å². The van der Waals surface area contributed by atoms with Gasteiger partial charge < -0.3 is 37.7 Å². The zero-order valence-electron chi connectivity index (χ0n) is 33.1. The van der Waals surface area contributed by atoms with Crippen molar-refractivity contribution in [2.24, 2.45) is 0 Å². The predicted octanol–water partition coefficient (Wildman–Crippen LogP) is 7.14. The highest BCUT2D eigenvalue weighted by Gasteiger charge is 2.53. The summed E-state index contributed by atoms with van der Waals surface area (Å²) in [7, 11) is 2.59. The number of hydrogen-bond acceptors (Lipinski definition) is 10. The molecule has 0 spiro atoms. The van der Waals surface area contributed by atoms with Crippen LogP contribution in [0.5, 0.6) is 11.5 Å². The number of rotatable bonds is 16. The van der Waals surface area contributed by atoms with Gasteiger partial charge in [0.05, 0.1) is 43.0 Å². The SMILES string of the molecule is CCOC(=O)c1cc(C2(c3ccc(OCCOC)c(C(=O)OCC)c3)c3ccccc3-c3ccc(B4OC(C)(C)C(C)(C)O4)cc32)ccc1OCCCOC. The van der Waals surface area contributed by atoms with Crippen LogP contribution in [0, 0.1) is 0 Å². The largest absolute Gasteiger partial charge is 0.494 e. The first-order valence-corrected chi connectivity index (χ1v) is 18.9. The second-order valence-electron chi connectivity index (χ2n) is 14.6. The maximum absolute atomic E-state index is 13.7. The van der Waals surface area contributed by atoms with Gasteiger partial charge in [0.25, 0.3) is 0 Å². The van der Waals surface area contributed by atoms with Crippen LogP contribution in [0.3, 0.4) is 0 Å². The average molecular weight is 751 g/mol. The van der Waals surface area contributed by atoms with Gasteiger partial charge in [-0.2, -0.15) is 0 Å². The summed E-state index contributed by atoms with van der Waals surface area (Å²) >= 11 is 0. The minimum Gasteiger partial charge on any atom is -0.493 e. The molecule has 0 amide bonds. The fourth-order valence-electron chi connectivity index (χ4n) is 7.35. The predicted molar refractivity (Wildman–Crippen MR) is 211 cm³/mol. The highest BCUT2D eigenvalue weighted by Crippen LogP contribution is 2.57. The van der Waals surface area contributed by atoms with Crippen molar-refractivity contribution in [1.29, 1.82) is 0 Å². The number of carbonyl (C=O) groups is 2. The third kappa shape index (κ3) is 7.50. The van der Waals surface area contributed by atoms with E-state index in [4.69, 9.17) is 37.7 Å². The molecule has 10 nitrogen and oxygen atoms in total. The van der Waals surface area contributed by atoms with Crippen LogP contribution in [0.4, 0.5) is 0 Å². The molecule has 2 aliphatic rings. The molecule has 290 valence electrons. The molecule has 4 aromatic carbocycles. The number of esters is 2. The van der Waals surface area contributed by atoms with Crippen LogP contribution in [0.1, 0.15) is 90.9 Å². The van der Waals surface area contributed by atoms with Crippen molar-refractivity contribution in [3.05, 3.63) is 112 Å². The van der Waals surface area contributed by atoms with Gasteiger partial charge in [-0.1, -0.05) is 54.6 Å². The minimum atomic E-state index is -1.06. The fourth-order valence-corrected chi connectivity index (χ4v) is 7.35. The molecule has 0 radical (unpaired) electrons. The molecule has 0 N–H and O–H groups in total. The summed E-state index contributed by atoms with van der Waals surface area (Å²) in [6.07, 6.45) is 0.641. The van der Waals surface area contributed by atoms with E-state index in [2.05, 4.69) is 24.3 Å². The summed E-state index contributed by atoms with van der Waals surface area (Å²) in [6.45, 7) is 13.5. The van der Waals surface area contributed by atoms with Gasteiger partial charge in [-0.05, 0) is 105 Å². The Balaban J connectivity index is 1.65. The van der Waals surface area contributed by atoms with Crippen molar-refractivity contribution in [3.8, 4) is 22.6 Å². The van der Waals surface area contributed by atoms with Gasteiger partial charge in [0.2, 0.25) is 0 Å². The zero-order chi connectivity index (χ0) is 39.4. The maximum atomic E-state index is 13.7. The molecule has 1 aliphatic heterocycles. The quantitative estimate of drug-likeness (QED) is 0.0587. The Bertz CT molecular complexity index is 2010. The first-order chi connectivity index (χ1) is 26.4. The van der Waals surface area contributed by atoms with Crippen molar-refractivity contribution < 1.29 is 47.3 Å². The lowest BCUT2D eigenvalue weighted by Gasteiger charge is -2.35. The molecule has 55 heavy (non-hydrogen) atoms. The van der Waals surface area contributed by atoms with Crippen LogP contribution in [0.15, 0.2) is 78.9 Å². The lowest BCUT2D eigenvalue weighted by atomic mass is 9.65. The van der Waals surface area contributed by atoms with Crippen LogP contribution in [-0.2, 0) is 33.7 Å². The van der Waals surface area contributed by atoms with Gasteiger partial charge in [-0.15, -0.1) is 0 Å². The molecule has 1 saturated heterocycles. The topological polar surface area (TPSA) is 108 Å². The molecular formula is C44H51BO10. The molecule has 1 atom stereocenters. The van der Waals surface area contributed by atoms with E-state index in [1.807, 2.05) is 76.2 Å². The molecule has 1 aliphatic carbocycles. The van der Waals surface area contributed by atoms with Gasteiger partial charge in [0.15, 0.2) is 0 Å². The molecule has 0 saturated carbocycles. The number of fused-ring (bicyclic) bond motifs is 3. The molecule has 1 heterocycles. The van der Waals surface area contributed by atoms with E-state index in [0.29, 0.717) is 37.7 Å². The average Bonchev–Trinajstić information content (AvgIpc) is 3.59. The highest BCUT2D eigenvalue weighted by atomic mass is 16.7. The standard InChI is InChI=1S/C44H51BO10/c1-9-50-40(46)34-26-29(16-20-38(34)52-23-13-22-48-7)44(30-17-21-39(53-25-24-49-8)35(27-30)41(47)51-10-2)36-15-12-11-14-32(36)33-19-18-31(28-37(33)44)45-54-42(3,4)43(5,6)55-45/h11-12,14-21,26-28H,9-10,13,22-25H2,1-8H3. The Hall–Kier alpha value is -4.68. The normalized spacial score (nSPS) is 17.7. The fraction of sp³-hybridized carbons (Fsp3) is 0.409. The number of methoxy groups -OCH3 is 2. The molecule has 6 rings (SSSR count). The molecule has 4 aromatic rings. The van der Waals surface area contributed by atoms with Crippen molar-refractivity contribution >= 4 is 24.5 Å². The van der Waals surface area contributed by atoms with Crippen molar-refractivity contribution in [2.45, 2.75) is 64.6 Å². The lowest BCUT2D eigenvalue weighted by Crippen LogP contribution is -2.41. The third-order valence-corrected chi connectivity index (χ3v) is 10.7. The number of carbonyl (C=O) groups excluding carboxylic acids is 2. The molecular weight excluding hydrogens is 699 g/mol. The van der Waals surface area contributed by atoms with Gasteiger partial charge >= 0.3 is 19.1 Å². The summed E-state index contributed by atoms with van der Waals surface area (Å²) < 4.78 is 47.0. The van der Waals surface area contributed by atoms with Crippen molar-refractivity contribution in [1.82, 2.24) is 0 Å². The van der Waals surface area contributed by atoms with Crippen LogP contribution in [0.2, 0.25) is 0 Å². The molecule has 0 bridgehead atoms. The molecule has 0 aromatic heterocycles. The Morgan fingerprint density at radius 2 is 1.16 bits per heavy atom. The number of benzene rings is 4. The first-order valence-electron chi connectivity index (χ1n) is 18.9. The Morgan fingerprint density at radius 3 is 1.73 bits per heavy atom. The van der Waals surface area contributed by atoms with Gasteiger partial charge in [0.1, 0.15) is 29.2 Å². The van der Waals surface area contributed by atoms with Gasteiger partial charge in [-0.3, -0.25) is 0 Å². The van der Waals surface area contributed by atoms with E-state index in [0.717, 1.165) is 38.8 Å². The van der Waals surface area contributed by atoms with E-state index in [9.17, 15) is 9.59 Å². The number of ether oxygens (including phenoxy) is 6. The van der Waals surface area contributed by atoms with E-state index < -0.39 is 35.7 Å². The monoisotopic (exact) mass is 750 g/mol. The summed E-state index contributed by atoms with van der Waals surface area (Å²) in [5, 5.41) is 0. The van der Waals surface area contributed by atoms with Crippen LogP contribution < -0.4 is 14.9 Å². The van der Waals surface area contributed by atoms with Gasteiger partial charge in [-0.25, -0.2) is 9.59 Å². The van der Waals surface area contributed by atoms with E-state index >= 15 is 0 Å². The Kier molecular flexibility index (Phi) is 12.1. The summed E-state index contributed by atoms with van der Waals surface area (Å²) in [6, 6.07) is 25.7. The summed E-state index contributed by atoms with van der Waals surface area (Å²) in [4.78, 5) is 27.4. The second kappa shape index (κ2) is 16.6. The van der Waals surface area contributed by atoms with E-state index in [1.54, 1.807) is 34.1 Å². The first kappa shape index (κ1) is 40.0. The van der Waals surface area contributed by atoms with E-state index in [1.165, 1.54) is 0 Å². The van der Waals surface area contributed by atoms with Gasteiger partial charge in [0, 0.05) is 27.2 Å². The second-order valence-corrected chi connectivity index (χ2v) is 14.6. The van der Waals surface area contributed by atoms with Crippen LogP contribution >= 0.6 is 0 Å². The summed E-state index contributed by atoms with van der Waals surface area (Å²) in [5.74, 6) is -0.247.